The van der Waals surface area contributed by atoms with Crippen LogP contribution in [-0.2, 0) is 11.3 Å². The van der Waals surface area contributed by atoms with Gasteiger partial charge in [0.2, 0.25) is 12.7 Å². The number of hydrogen-bond acceptors (Lipinski definition) is 5. The minimum atomic E-state index is -0.647. The number of amides is 2. The van der Waals surface area contributed by atoms with Gasteiger partial charge in [0, 0.05) is 13.6 Å². The van der Waals surface area contributed by atoms with E-state index in [1.807, 2.05) is 32.0 Å². The average Bonchev–Trinajstić information content (AvgIpc) is 3.29. The summed E-state index contributed by atoms with van der Waals surface area (Å²) in [7, 11) is 1.71. The van der Waals surface area contributed by atoms with Crippen LogP contribution in [0.3, 0.4) is 0 Å². The van der Waals surface area contributed by atoms with Gasteiger partial charge in [-0.1, -0.05) is 19.9 Å². The Balaban J connectivity index is 1.67. The molecule has 2 amide bonds. The number of carbonyl (C=O) groups is 2. The predicted molar refractivity (Wildman–Crippen MR) is 93.8 cm³/mol. The topological polar surface area (TPSA) is 81.0 Å². The van der Waals surface area contributed by atoms with Crippen molar-refractivity contribution in [2.45, 2.75) is 26.4 Å². The molecule has 0 aliphatic carbocycles. The smallest absolute Gasteiger partial charge is 0.287 e. The van der Waals surface area contributed by atoms with E-state index >= 15 is 0 Å². The minimum absolute atomic E-state index is 0.0689. The van der Waals surface area contributed by atoms with Crippen LogP contribution in [-0.4, -0.2) is 36.6 Å². The van der Waals surface area contributed by atoms with E-state index < -0.39 is 11.9 Å². The fraction of sp³-hybridized carbons (Fsp3) is 0.368. The molecule has 2 aromatic rings. The van der Waals surface area contributed by atoms with E-state index in [0.717, 1.165) is 5.56 Å². The lowest BCUT2D eigenvalue weighted by atomic mass is 10.0. The second-order valence-corrected chi connectivity index (χ2v) is 6.55. The van der Waals surface area contributed by atoms with Crippen LogP contribution in [0.15, 0.2) is 41.0 Å². The molecule has 1 atom stereocenters. The summed E-state index contributed by atoms with van der Waals surface area (Å²) >= 11 is 0. The quantitative estimate of drug-likeness (QED) is 0.858. The van der Waals surface area contributed by atoms with Gasteiger partial charge in [-0.3, -0.25) is 9.59 Å². The van der Waals surface area contributed by atoms with Crippen LogP contribution in [0.2, 0.25) is 0 Å². The molecule has 0 spiro atoms. The van der Waals surface area contributed by atoms with E-state index in [1.54, 1.807) is 24.1 Å². The Morgan fingerprint density at radius 2 is 1.96 bits per heavy atom. The van der Waals surface area contributed by atoms with Crippen LogP contribution in [0, 0.1) is 5.92 Å². The first-order valence-electron chi connectivity index (χ1n) is 8.43. The number of nitrogens with one attached hydrogen (secondary N) is 1. The first-order chi connectivity index (χ1) is 12.5. The summed E-state index contributed by atoms with van der Waals surface area (Å²) in [5, 5.41) is 2.76. The lowest BCUT2D eigenvalue weighted by Gasteiger charge is -2.27. The number of hydrogen-bond donors (Lipinski definition) is 1. The summed E-state index contributed by atoms with van der Waals surface area (Å²) in [5.74, 6) is 0.918. The van der Waals surface area contributed by atoms with E-state index in [1.165, 1.54) is 6.26 Å². The maximum absolute atomic E-state index is 12.9. The van der Waals surface area contributed by atoms with E-state index in [9.17, 15) is 9.59 Å². The van der Waals surface area contributed by atoms with Crippen LogP contribution in [0.1, 0.15) is 30.0 Å². The Hall–Kier alpha value is -2.96. The highest BCUT2D eigenvalue weighted by atomic mass is 16.7. The molecule has 7 heteroatoms. The average molecular weight is 358 g/mol. The molecule has 0 radical (unpaired) electrons. The molecular formula is C19H22N2O5. The molecule has 1 aromatic carbocycles. The van der Waals surface area contributed by atoms with Crippen molar-refractivity contribution in [3.05, 3.63) is 47.9 Å². The molecule has 1 N–H and O–H groups in total. The zero-order valence-electron chi connectivity index (χ0n) is 15.0. The molecule has 138 valence electrons. The second-order valence-electron chi connectivity index (χ2n) is 6.55. The fourth-order valence-corrected chi connectivity index (χ4v) is 2.76. The summed E-state index contributed by atoms with van der Waals surface area (Å²) in [5.41, 5.74) is 0.921. The van der Waals surface area contributed by atoms with E-state index in [4.69, 9.17) is 13.9 Å². The zero-order chi connectivity index (χ0) is 18.7. The summed E-state index contributed by atoms with van der Waals surface area (Å²) in [6.07, 6.45) is 1.42. The molecule has 26 heavy (non-hydrogen) atoms. The Bertz CT molecular complexity index is 785. The molecule has 1 aliphatic heterocycles. The highest BCUT2D eigenvalue weighted by Crippen LogP contribution is 2.32. The van der Waals surface area contributed by atoms with Crippen molar-refractivity contribution in [2.24, 2.45) is 5.92 Å². The van der Waals surface area contributed by atoms with Crippen molar-refractivity contribution < 1.29 is 23.5 Å². The zero-order valence-corrected chi connectivity index (χ0v) is 15.0. The minimum Gasteiger partial charge on any atom is -0.459 e. The van der Waals surface area contributed by atoms with Gasteiger partial charge in [0.1, 0.15) is 6.04 Å². The number of benzene rings is 1. The number of fused-ring (bicyclic) bond motifs is 1. The molecule has 0 saturated heterocycles. The monoisotopic (exact) mass is 358 g/mol. The normalized spacial score (nSPS) is 13.5. The number of furan rings is 1. The molecule has 7 nitrogen and oxygen atoms in total. The van der Waals surface area contributed by atoms with Crippen molar-refractivity contribution in [3.8, 4) is 11.5 Å². The van der Waals surface area contributed by atoms with Crippen LogP contribution in [0.25, 0.3) is 0 Å². The van der Waals surface area contributed by atoms with Crippen LogP contribution in [0.5, 0.6) is 11.5 Å². The summed E-state index contributed by atoms with van der Waals surface area (Å²) in [6.45, 7) is 4.38. The Morgan fingerprint density at radius 1 is 1.19 bits per heavy atom. The van der Waals surface area contributed by atoms with Gasteiger partial charge in [-0.15, -0.1) is 0 Å². The van der Waals surface area contributed by atoms with Crippen LogP contribution < -0.4 is 14.8 Å². The van der Waals surface area contributed by atoms with Gasteiger partial charge in [-0.25, -0.2) is 0 Å². The van der Waals surface area contributed by atoms with Gasteiger partial charge in [0.05, 0.1) is 6.26 Å². The van der Waals surface area contributed by atoms with E-state index in [0.29, 0.717) is 18.0 Å². The number of ether oxygens (including phenoxy) is 2. The first-order valence-corrected chi connectivity index (χ1v) is 8.43. The van der Waals surface area contributed by atoms with Gasteiger partial charge in [-0.05, 0) is 35.7 Å². The van der Waals surface area contributed by atoms with Gasteiger partial charge in [0.15, 0.2) is 17.3 Å². The fourth-order valence-electron chi connectivity index (χ4n) is 2.76. The predicted octanol–water partition coefficient (Wildman–Crippen LogP) is 2.42. The largest absolute Gasteiger partial charge is 0.459 e. The number of rotatable bonds is 6. The Morgan fingerprint density at radius 3 is 2.65 bits per heavy atom. The van der Waals surface area contributed by atoms with Crippen molar-refractivity contribution in [1.29, 1.82) is 0 Å². The SMILES string of the molecule is CC(C)[C@H](NC(=O)c1ccco1)C(=O)N(C)Cc1ccc2c(c1)OCO2. The standard InChI is InChI=1S/C19H22N2O5/c1-12(2)17(20-18(22)15-5-4-8-24-15)19(23)21(3)10-13-6-7-14-16(9-13)26-11-25-14/h4-9,12,17H,10-11H2,1-3H3,(H,20,22)/t17-/m0/s1. The van der Waals surface area contributed by atoms with Crippen molar-refractivity contribution in [1.82, 2.24) is 10.2 Å². The van der Waals surface area contributed by atoms with Crippen molar-refractivity contribution in [2.75, 3.05) is 13.8 Å². The van der Waals surface area contributed by atoms with E-state index in [2.05, 4.69) is 5.32 Å². The molecule has 1 aromatic heterocycles. The van der Waals surface area contributed by atoms with Gasteiger partial charge >= 0.3 is 0 Å². The summed E-state index contributed by atoms with van der Waals surface area (Å²) < 4.78 is 15.8. The highest BCUT2D eigenvalue weighted by Gasteiger charge is 2.28. The molecule has 1 aliphatic rings. The maximum Gasteiger partial charge on any atom is 0.287 e. The van der Waals surface area contributed by atoms with Crippen LogP contribution >= 0.6 is 0 Å². The van der Waals surface area contributed by atoms with E-state index in [-0.39, 0.29) is 24.4 Å². The molecule has 0 unspecified atom stereocenters. The third kappa shape index (κ3) is 3.82. The lowest BCUT2D eigenvalue weighted by Crippen LogP contribution is -2.49. The number of likely N-dealkylation sites (N-methyl/N-ethyl adjacent to an activating group) is 1. The second kappa shape index (κ2) is 7.51. The Labute approximate surface area is 151 Å². The highest BCUT2D eigenvalue weighted by molar-refractivity contribution is 5.95. The van der Waals surface area contributed by atoms with Gasteiger partial charge in [-0.2, -0.15) is 0 Å². The molecular weight excluding hydrogens is 336 g/mol. The first kappa shape index (κ1) is 17.8. The third-order valence-corrected chi connectivity index (χ3v) is 4.20. The van der Waals surface area contributed by atoms with Gasteiger partial charge in [0.25, 0.3) is 5.91 Å². The van der Waals surface area contributed by atoms with Crippen molar-refractivity contribution >= 4 is 11.8 Å². The summed E-state index contributed by atoms with van der Waals surface area (Å²) in [6, 6.07) is 8.13. The maximum atomic E-state index is 12.9. The molecule has 2 heterocycles. The molecule has 0 saturated carbocycles. The van der Waals surface area contributed by atoms with Gasteiger partial charge < -0.3 is 24.1 Å². The number of carbonyl (C=O) groups excluding carboxylic acids is 2. The summed E-state index contributed by atoms with van der Waals surface area (Å²) in [4.78, 5) is 26.7. The Kier molecular flexibility index (Phi) is 5.16. The van der Waals surface area contributed by atoms with Crippen molar-refractivity contribution in [3.63, 3.8) is 0 Å². The molecule has 0 fully saturated rings. The molecule has 3 rings (SSSR count). The number of nitrogens with zero attached hydrogens (tertiary/aromatic N) is 1. The lowest BCUT2D eigenvalue weighted by molar-refractivity contribution is -0.133. The molecule has 0 bridgehead atoms. The van der Waals surface area contributed by atoms with Crippen LogP contribution in [0.4, 0.5) is 0 Å². The third-order valence-electron chi connectivity index (χ3n) is 4.20.